The Morgan fingerprint density at radius 3 is 2.59 bits per heavy atom. The summed E-state index contributed by atoms with van der Waals surface area (Å²) in [5.74, 6) is 0.0204. The van der Waals surface area contributed by atoms with Gasteiger partial charge < -0.3 is 20.5 Å². The van der Waals surface area contributed by atoms with Crippen molar-refractivity contribution in [3.05, 3.63) is 42.0 Å². The van der Waals surface area contributed by atoms with Gasteiger partial charge in [0.15, 0.2) is 0 Å². The van der Waals surface area contributed by atoms with Crippen molar-refractivity contribution >= 4 is 23.2 Å². The third-order valence-electron chi connectivity index (χ3n) is 5.03. The molecule has 7 nitrogen and oxygen atoms in total. The Kier molecular flexibility index (Phi) is 7.27. The van der Waals surface area contributed by atoms with Crippen molar-refractivity contribution in [2.24, 2.45) is 5.92 Å². The van der Waals surface area contributed by atoms with Crippen LogP contribution in [0.3, 0.4) is 0 Å². The molecule has 0 unspecified atom stereocenters. The second kappa shape index (κ2) is 10.1. The van der Waals surface area contributed by atoms with Crippen LogP contribution in [-0.2, 0) is 11.2 Å². The molecule has 7 heteroatoms. The smallest absolute Gasteiger partial charge is 0.251 e. The van der Waals surface area contributed by atoms with E-state index >= 15 is 0 Å². The number of anilines is 2. The first-order valence-electron chi connectivity index (χ1n) is 10.6. The number of benzene rings is 1. The number of aromatic nitrogens is 2. The third kappa shape index (κ3) is 5.82. The lowest BCUT2D eigenvalue weighted by molar-refractivity contribution is -0.117. The number of hydrogen-bond acceptors (Lipinski definition) is 4. The van der Waals surface area contributed by atoms with E-state index in [-0.39, 0.29) is 17.7 Å². The SMILES string of the molecule is CCCN(CCC)c1ccc(C(=O)NCCc2cnc[nH]2)cc1NC(=O)C1CC1. The third-order valence-corrected chi connectivity index (χ3v) is 5.03. The van der Waals surface area contributed by atoms with Crippen LogP contribution in [0, 0.1) is 5.92 Å². The molecule has 1 aliphatic rings. The molecule has 2 amide bonds. The van der Waals surface area contributed by atoms with Crippen LogP contribution in [0.4, 0.5) is 11.4 Å². The van der Waals surface area contributed by atoms with Gasteiger partial charge >= 0.3 is 0 Å². The average molecular weight is 398 g/mol. The number of nitrogens with zero attached hydrogens (tertiary/aromatic N) is 2. The zero-order chi connectivity index (χ0) is 20.6. The number of carbonyl (C=O) groups is 2. The highest BCUT2D eigenvalue weighted by molar-refractivity contribution is 6.01. The average Bonchev–Trinajstić information content (AvgIpc) is 3.45. The fourth-order valence-electron chi connectivity index (χ4n) is 3.36. The van der Waals surface area contributed by atoms with E-state index in [2.05, 4.69) is 39.3 Å². The van der Waals surface area contributed by atoms with Gasteiger partial charge in [0, 0.05) is 49.4 Å². The number of hydrogen-bond donors (Lipinski definition) is 3. The lowest BCUT2D eigenvalue weighted by Gasteiger charge is -2.27. The van der Waals surface area contributed by atoms with Crippen LogP contribution < -0.4 is 15.5 Å². The van der Waals surface area contributed by atoms with Crippen molar-refractivity contribution in [1.29, 1.82) is 0 Å². The van der Waals surface area contributed by atoms with E-state index in [1.54, 1.807) is 18.6 Å². The summed E-state index contributed by atoms with van der Waals surface area (Å²) in [6.07, 6.45) is 8.00. The Morgan fingerprint density at radius 1 is 1.21 bits per heavy atom. The molecule has 0 atom stereocenters. The Labute approximate surface area is 172 Å². The summed E-state index contributed by atoms with van der Waals surface area (Å²) in [5.41, 5.74) is 3.24. The van der Waals surface area contributed by atoms with E-state index < -0.39 is 0 Å². The Hall–Kier alpha value is -2.83. The second-order valence-corrected chi connectivity index (χ2v) is 7.57. The highest BCUT2D eigenvalue weighted by Crippen LogP contribution is 2.33. The van der Waals surface area contributed by atoms with E-state index in [0.29, 0.717) is 18.5 Å². The van der Waals surface area contributed by atoms with Gasteiger partial charge in [0.1, 0.15) is 0 Å². The molecular formula is C22H31N5O2. The monoisotopic (exact) mass is 397 g/mol. The van der Waals surface area contributed by atoms with Gasteiger partial charge in [-0.3, -0.25) is 9.59 Å². The highest BCUT2D eigenvalue weighted by atomic mass is 16.2. The maximum atomic E-state index is 12.6. The summed E-state index contributed by atoms with van der Waals surface area (Å²) in [5, 5.41) is 6.01. The molecule has 1 aromatic heterocycles. The summed E-state index contributed by atoms with van der Waals surface area (Å²) < 4.78 is 0. The molecule has 3 rings (SSSR count). The summed E-state index contributed by atoms with van der Waals surface area (Å²) in [7, 11) is 0. The standard InChI is InChI=1S/C22H31N5O2/c1-3-11-27(12-4-2)20-8-7-17(13-19(20)26-22(29)16-5-6-16)21(28)24-10-9-18-14-23-15-25-18/h7-8,13-16H,3-6,9-12H2,1-2H3,(H,23,25)(H,24,28)(H,26,29). The summed E-state index contributed by atoms with van der Waals surface area (Å²) >= 11 is 0. The molecule has 29 heavy (non-hydrogen) atoms. The van der Waals surface area contributed by atoms with Crippen molar-refractivity contribution < 1.29 is 9.59 Å². The zero-order valence-electron chi connectivity index (χ0n) is 17.3. The lowest BCUT2D eigenvalue weighted by atomic mass is 10.1. The first-order chi connectivity index (χ1) is 14.1. The fourth-order valence-corrected chi connectivity index (χ4v) is 3.36. The van der Waals surface area contributed by atoms with Crippen LogP contribution in [-0.4, -0.2) is 41.4 Å². The van der Waals surface area contributed by atoms with Gasteiger partial charge in [0.2, 0.25) is 5.91 Å². The molecule has 1 aliphatic carbocycles. The molecule has 2 aromatic rings. The first kappa shape index (κ1) is 20.9. The zero-order valence-corrected chi connectivity index (χ0v) is 17.3. The van der Waals surface area contributed by atoms with E-state index in [9.17, 15) is 9.59 Å². The lowest BCUT2D eigenvalue weighted by Crippen LogP contribution is -2.28. The first-order valence-corrected chi connectivity index (χ1v) is 10.6. The number of nitrogens with one attached hydrogen (secondary N) is 3. The summed E-state index contributed by atoms with van der Waals surface area (Å²) in [6.45, 7) is 6.63. The normalized spacial score (nSPS) is 13.2. The topological polar surface area (TPSA) is 90.1 Å². The minimum absolute atomic E-state index is 0.0519. The maximum absolute atomic E-state index is 12.6. The molecular weight excluding hydrogens is 366 g/mol. The molecule has 0 radical (unpaired) electrons. The number of imidazole rings is 1. The largest absolute Gasteiger partial charge is 0.370 e. The molecule has 156 valence electrons. The maximum Gasteiger partial charge on any atom is 0.251 e. The fraction of sp³-hybridized carbons (Fsp3) is 0.500. The second-order valence-electron chi connectivity index (χ2n) is 7.57. The van der Waals surface area contributed by atoms with Gasteiger partial charge in [-0.25, -0.2) is 4.98 Å². The van der Waals surface area contributed by atoms with Gasteiger partial charge in [-0.05, 0) is 43.9 Å². The van der Waals surface area contributed by atoms with Crippen LogP contribution in [0.5, 0.6) is 0 Å². The van der Waals surface area contributed by atoms with Crippen molar-refractivity contribution in [3.8, 4) is 0 Å². The quantitative estimate of drug-likeness (QED) is 0.542. The van der Waals surface area contributed by atoms with Gasteiger partial charge in [-0.2, -0.15) is 0 Å². The predicted molar refractivity (Wildman–Crippen MR) is 115 cm³/mol. The van der Waals surface area contributed by atoms with Gasteiger partial charge in [0.05, 0.1) is 17.7 Å². The molecule has 0 aliphatic heterocycles. The van der Waals surface area contributed by atoms with E-state index in [1.165, 1.54) is 0 Å². The van der Waals surface area contributed by atoms with Crippen molar-refractivity contribution in [2.45, 2.75) is 46.0 Å². The molecule has 1 heterocycles. The van der Waals surface area contributed by atoms with Crippen LogP contribution in [0.15, 0.2) is 30.7 Å². The predicted octanol–water partition coefficient (Wildman–Crippen LogP) is 3.36. The summed E-state index contributed by atoms with van der Waals surface area (Å²) in [6, 6.07) is 5.60. The Balaban J connectivity index is 1.74. The van der Waals surface area contributed by atoms with E-state index in [1.807, 2.05) is 12.1 Å². The summed E-state index contributed by atoms with van der Waals surface area (Å²) in [4.78, 5) is 34.3. The van der Waals surface area contributed by atoms with Crippen LogP contribution in [0.1, 0.15) is 55.6 Å². The highest BCUT2D eigenvalue weighted by Gasteiger charge is 2.30. The van der Waals surface area contributed by atoms with Crippen LogP contribution in [0.2, 0.25) is 0 Å². The number of H-pyrrole nitrogens is 1. The van der Waals surface area contributed by atoms with Crippen molar-refractivity contribution in [1.82, 2.24) is 15.3 Å². The van der Waals surface area contributed by atoms with Gasteiger partial charge in [-0.15, -0.1) is 0 Å². The number of aromatic amines is 1. The molecule has 0 spiro atoms. The number of amides is 2. The van der Waals surface area contributed by atoms with E-state index in [0.717, 1.165) is 55.8 Å². The number of carbonyl (C=O) groups excluding carboxylic acids is 2. The van der Waals surface area contributed by atoms with Gasteiger partial charge in [0.25, 0.3) is 5.91 Å². The molecule has 1 fully saturated rings. The Morgan fingerprint density at radius 2 is 1.97 bits per heavy atom. The van der Waals surface area contributed by atoms with Gasteiger partial charge in [-0.1, -0.05) is 13.8 Å². The minimum atomic E-state index is -0.143. The molecule has 0 bridgehead atoms. The minimum Gasteiger partial charge on any atom is -0.370 e. The van der Waals surface area contributed by atoms with Crippen LogP contribution in [0.25, 0.3) is 0 Å². The Bertz CT molecular complexity index is 809. The number of rotatable bonds is 11. The molecule has 3 N–H and O–H groups in total. The van der Waals surface area contributed by atoms with Crippen molar-refractivity contribution in [2.75, 3.05) is 29.9 Å². The molecule has 1 aromatic carbocycles. The van der Waals surface area contributed by atoms with Crippen molar-refractivity contribution in [3.63, 3.8) is 0 Å². The molecule has 0 saturated heterocycles. The van der Waals surface area contributed by atoms with Crippen LogP contribution >= 0.6 is 0 Å². The molecule has 1 saturated carbocycles. The van der Waals surface area contributed by atoms with E-state index in [4.69, 9.17) is 0 Å².